The van der Waals surface area contributed by atoms with Gasteiger partial charge in [-0.2, -0.15) is 13.2 Å². The average Bonchev–Trinajstić information content (AvgIpc) is 2.93. The van der Waals surface area contributed by atoms with Gasteiger partial charge in [0.05, 0.1) is 23.0 Å². The summed E-state index contributed by atoms with van der Waals surface area (Å²) in [5, 5.41) is 5.11. The summed E-state index contributed by atoms with van der Waals surface area (Å²) < 4.78 is 95.4. The summed E-state index contributed by atoms with van der Waals surface area (Å²) in [7, 11) is -10.3. The monoisotopic (exact) mass is 637 g/mol. The molecule has 0 amide bonds. The molecule has 230 valence electrons. The van der Waals surface area contributed by atoms with Gasteiger partial charge >= 0.3 is 5.51 Å². The van der Waals surface area contributed by atoms with Crippen molar-refractivity contribution in [2.24, 2.45) is 11.1 Å². The number of rotatable bonds is 14. The van der Waals surface area contributed by atoms with Crippen LogP contribution in [0.2, 0.25) is 0 Å². The molecule has 0 radical (unpaired) electrons. The molecule has 0 saturated carbocycles. The first-order valence-corrected chi connectivity index (χ1v) is 17.5. The molecular formula is C27H38F3N3O5S3. The predicted octanol–water partition coefficient (Wildman–Crippen LogP) is 4.01. The van der Waals surface area contributed by atoms with Gasteiger partial charge in [0.2, 0.25) is 10.0 Å². The van der Waals surface area contributed by atoms with E-state index in [1.807, 2.05) is 30.3 Å². The molecule has 0 bridgehead atoms. The van der Waals surface area contributed by atoms with Crippen LogP contribution in [0.3, 0.4) is 0 Å². The number of likely N-dealkylation sites (N-methyl/N-ethyl adjacent to an activating group) is 1. The zero-order valence-corrected chi connectivity index (χ0v) is 25.7. The fourth-order valence-corrected chi connectivity index (χ4v) is 7.53. The Morgan fingerprint density at radius 1 is 1.10 bits per heavy atom. The molecule has 14 heteroatoms. The third-order valence-corrected chi connectivity index (χ3v) is 11.0. The van der Waals surface area contributed by atoms with Crippen molar-refractivity contribution in [1.82, 2.24) is 9.80 Å². The van der Waals surface area contributed by atoms with Crippen molar-refractivity contribution in [2.45, 2.75) is 52.9 Å². The molecule has 2 aromatic rings. The Morgan fingerprint density at radius 3 is 2.39 bits per heavy atom. The highest BCUT2D eigenvalue weighted by Gasteiger charge is 2.48. The number of sulfone groups is 1. The maximum absolute atomic E-state index is 13.6. The Bertz CT molecular complexity index is 1340. The topological polar surface area (TPSA) is 110 Å². The van der Waals surface area contributed by atoms with Crippen LogP contribution < -0.4 is 5.14 Å². The van der Waals surface area contributed by atoms with Crippen LogP contribution in [0, 0.1) is 5.92 Å². The number of sulfonamides is 1. The fourth-order valence-electron chi connectivity index (χ4n) is 4.82. The maximum Gasteiger partial charge on any atom is 0.501 e. The molecule has 1 fully saturated rings. The van der Waals surface area contributed by atoms with Gasteiger partial charge in [-0.1, -0.05) is 38.1 Å². The first-order valence-electron chi connectivity index (χ1n) is 13.4. The lowest BCUT2D eigenvalue weighted by Crippen LogP contribution is -2.51. The molecule has 0 unspecified atom stereocenters. The smallest absolute Gasteiger partial charge is 0.378 e. The van der Waals surface area contributed by atoms with Gasteiger partial charge in [-0.3, -0.25) is 4.90 Å². The molecule has 8 nitrogen and oxygen atoms in total. The minimum atomic E-state index is -5.83. The summed E-state index contributed by atoms with van der Waals surface area (Å²) >= 11 is 1.54. The summed E-state index contributed by atoms with van der Waals surface area (Å²) in [6, 6.07) is 12.4. The second kappa shape index (κ2) is 14.7. The Hall–Kier alpha value is -1.68. The zero-order chi connectivity index (χ0) is 30.3. The number of alkyl halides is 3. The van der Waals surface area contributed by atoms with Gasteiger partial charge < -0.3 is 9.64 Å². The van der Waals surface area contributed by atoms with Crippen molar-refractivity contribution in [2.75, 3.05) is 51.7 Å². The number of nitrogens with two attached hydrogens (primary N) is 1. The lowest BCUT2D eigenvalue weighted by Gasteiger charge is -2.38. The van der Waals surface area contributed by atoms with Crippen molar-refractivity contribution in [3.8, 4) is 0 Å². The molecule has 3 rings (SSSR count). The minimum Gasteiger partial charge on any atom is -0.378 e. The summed E-state index contributed by atoms with van der Waals surface area (Å²) in [5.41, 5.74) is -5.69. The molecule has 2 atom stereocenters. The van der Waals surface area contributed by atoms with Crippen LogP contribution in [-0.4, -0.2) is 89.9 Å². The lowest BCUT2D eigenvalue weighted by molar-refractivity contribution is -0.0436. The lowest BCUT2D eigenvalue weighted by atomic mass is 9.97. The normalized spacial score (nSPS) is 18.1. The van der Waals surface area contributed by atoms with E-state index in [1.54, 1.807) is 11.8 Å². The van der Waals surface area contributed by atoms with Crippen LogP contribution in [0.4, 0.5) is 13.2 Å². The number of primary sulfonamides is 1. The minimum absolute atomic E-state index is 0.0143. The number of morpholine rings is 1. The van der Waals surface area contributed by atoms with Crippen molar-refractivity contribution in [1.29, 1.82) is 0 Å². The number of halogens is 3. The van der Waals surface area contributed by atoms with E-state index in [2.05, 4.69) is 23.6 Å². The van der Waals surface area contributed by atoms with E-state index in [9.17, 15) is 30.0 Å². The van der Waals surface area contributed by atoms with E-state index in [1.165, 1.54) is 0 Å². The number of ether oxygens (including phenoxy) is 1. The van der Waals surface area contributed by atoms with Crippen molar-refractivity contribution >= 4 is 31.6 Å². The van der Waals surface area contributed by atoms with Crippen molar-refractivity contribution in [3.63, 3.8) is 0 Å². The average molecular weight is 638 g/mol. The Kier molecular flexibility index (Phi) is 12.1. The highest BCUT2D eigenvalue weighted by atomic mass is 32.2. The Labute approximate surface area is 245 Å². The van der Waals surface area contributed by atoms with E-state index < -0.39 is 35.2 Å². The molecular weight excluding hydrogens is 600 g/mol. The molecule has 1 saturated heterocycles. The zero-order valence-electron chi connectivity index (χ0n) is 23.2. The van der Waals surface area contributed by atoms with Crippen LogP contribution in [0.1, 0.15) is 25.8 Å². The molecule has 41 heavy (non-hydrogen) atoms. The maximum atomic E-state index is 13.6. The van der Waals surface area contributed by atoms with Crippen LogP contribution in [0.5, 0.6) is 0 Å². The van der Waals surface area contributed by atoms with Crippen LogP contribution in [0.25, 0.3) is 0 Å². The van der Waals surface area contributed by atoms with Crippen molar-refractivity contribution < 1.29 is 34.7 Å². The molecule has 1 aliphatic heterocycles. The third-order valence-electron chi connectivity index (χ3n) is 7.24. The Morgan fingerprint density at radius 2 is 1.78 bits per heavy atom. The summed E-state index contributed by atoms with van der Waals surface area (Å²) in [6.45, 7) is 9.39. The van der Waals surface area contributed by atoms with Gasteiger partial charge in [0.25, 0.3) is 9.84 Å². The largest absolute Gasteiger partial charge is 0.501 e. The second-order valence-corrected chi connectivity index (χ2v) is 14.6. The van der Waals surface area contributed by atoms with Gasteiger partial charge in [0.15, 0.2) is 0 Å². The summed E-state index contributed by atoms with van der Waals surface area (Å²) in [4.78, 5) is 3.87. The molecule has 1 aliphatic rings. The van der Waals surface area contributed by atoms with Crippen LogP contribution in [-0.2, 0) is 31.0 Å². The number of benzene rings is 2. The van der Waals surface area contributed by atoms with E-state index in [0.717, 1.165) is 43.2 Å². The van der Waals surface area contributed by atoms with Gasteiger partial charge in [0, 0.05) is 29.8 Å². The number of nitrogens with zero attached hydrogens (tertiary/aromatic N) is 2. The molecule has 0 aromatic heterocycles. The molecule has 2 aromatic carbocycles. The van der Waals surface area contributed by atoms with E-state index in [0.29, 0.717) is 38.0 Å². The molecule has 0 spiro atoms. The standard InChI is InChI=1S/C27H38F3N3O5S3/c1-3-32(4-2)18-23-19-38-15-14-33(23)13-12-21(20-39-24-8-6-5-7-9-24)16-22-10-11-25(41(31,36)37)17-26(22)40(34,35)27(28,29)30/h5-11,17,21,23H,3-4,12-16,18-20H2,1-2H3,(H2,31,36,37)/t21-,23-/m0/s1. The van der Waals surface area contributed by atoms with Crippen molar-refractivity contribution in [3.05, 3.63) is 54.1 Å². The second-order valence-electron chi connectivity index (χ2n) is 10.00. The molecule has 2 N–H and O–H groups in total. The van der Waals surface area contributed by atoms with Gasteiger partial charge in [-0.15, -0.1) is 11.8 Å². The SMILES string of the molecule is CCN(CC)C[C@H]1COCCN1CC[C@H](CSc1ccccc1)Cc1ccc(S(N)(=O)=O)cc1S(=O)(=O)C(F)(F)F. The predicted molar refractivity (Wildman–Crippen MR) is 154 cm³/mol. The highest BCUT2D eigenvalue weighted by molar-refractivity contribution is 7.99. The van der Waals surface area contributed by atoms with Crippen LogP contribution in [0.15, 0.2) is 63.2 Å². The molecule has 1 heterocycles. The summed E-state index contributed by atoms with van der Waals surface area (Å²) in [6.07, 6.45) is 0.609. The van der Waals surface area contributed by atoms with E-state index in [4.69, 9.17) is 9.88 Å². The first-order chi connectivity index (χ1) is 19.3. The Balaban J connectivity index is 1.91. The summed E-state index contributed by atoms with van der Waals surface area (Å²) in [5.74, 6) is 0.317. The van der Waals surface area contributed by atoms with Crippen LogP contribution >= 0.6 is 11.8 Å². The first kappa shape index (κ1) is 33.8. The highest BCUT2D eigenvalue weighted by Crippen LogP contribution is 2.35. The van der Waals surface area contributed by atoms with Gasteiger partial charge in [0.1, 0.15) is 0 Å². The number of thioether (sulfide) groups is 1. The van der Waals surface area contributed by atoms with Gasteiger partial charge in [-0.25, -0.2) is 22.0 Å². The molecule has 0 aliphatic carbocycles. The van der Waals surface area contributed by atoms with Gasteiger partial charge in [-0.05, 0) is 68.2 Å². The van der Waals surface area contributed by atoms with E-state index >= 15 is 0 Å². The third kappa shape index (κ3) is 9.40. The fraction of sp³-hybridized carbons (Fsp3) is 0.556. The number of hydrogen-bond donors (Lipinski definition) is 1. The number of hydrogen-bond acceptors (Lipinski definition) is 8. The van der Waals surface area contributed by atoms with E-state index in [-0.39, 0.29) is 23.9 Å². The quantitative estimate of drug-likeness (QED) is 0.310.